The highest BCUT2D eigenvalue weighted by Crippen LogP contribution is 2.24. The summed E-state index contributed by atoms with van der Waals surface area (Å²) in [6.07, 6.45) is 0. The van der Waals surface area contributed by atoms with Crippen LogP contribution in [0.4, 0.5) is 5.69 Å². The third-order valence-electron chi connectivity index (χ3n) is 3.23. The molecule has 0 heterocycles. The van der Waals surface area contributed by atoms with Crippen molar-refractivity contribution in [3.05, 3.63) is 57.6 Å². The van der Waals surface area contributed by atoms with Crippen LogP contribution in [0.1, 0.15) is 16.7 Å². The molecule has 2 aromatic carbocycles. The maximum atomic E-state index is 12.4. The number of aliphatic hydroxyl groups is 1. The summed E-state index contributed by atoms with van der Waals surface area (Å²) in [6.45, 7) is 3.47. The lowest BCUT2D eigenvalue weighted by Gasteiger charge is -2.12. The Morgan fingerprint density at radius 1 is 1.10 bits per heavy atom. The summed E-state index contributed by atoms with van der Waals surface area (Å²) in [7, 11) is -3.67. The quantitative estimate of drug-likeness (QED) is 0.867. The fourth-order valence-corrected chi connectivity index (χ4v) is 3.59. The van der Waals surface area contributed by atoms with Crippen LogP contribution in [0, 0.1) is 13.8 Å². The van der Waals surface area contributed by atoms with Crippen LogP contribution in [0.2, 0.25) is 0 Å². The summed E-state index contributed by atoms with van der Waals surface area (Å²) in [5.41, 5.74) is 2.81. The average molecular weight is 370 g/mol. The van der Waals surface area contributed by atoms with E-state index in [2.05, 4.69) is 20.7 Å². The largest absolute Gasteiger partial charge is 0.392 e. The molecule has 2 rings (SSSR count). The van der Waals surface area contributed by atoms with Gasteiger partial charge in [-0.1, -0.05) is 22.0 Å². The van der Waals surface area contributed by atoms with Crippen molar-refractivity contribution in [2.24, 2.45) is 0 Å². The fraction of sp³-hybridized carbons (Fsp3) is 0.200. The molecular formula is C15H16BrNO3S. The Morgan fingerprint density at radius 2 is 1.81 bits per heavy atom. The Hall–Kier alpha value is -1.37. The first-order valence-corrected chi connectivity index (χ1v) is 8.60. The number of benzene rings is 2. The summed E-state index contributed by atoms with van der Waals surface area (Å²) in [5, 5.41) is 9.25. The minimum Gasteiger partial charge on any atom is -0.392 e. The van der Waals surface area contributed by atoms with Crippen LogP contribution >= 0.6 is 15.9 Å². The van der Waals surface area contributed by atoms with Gasteiger partial charge in [0.15, 0.2) is 0 Å². The molecule has 0 unspecified atom stereocenters. The molecule has 0 saturated heterocycles. The molecule has 4 nitrogen and oxygen atoms in total. The summed E-state index contributed by atoms with van der Waals surface area (Å²) >= 11 is 3.34. The number of hydrogen-bond acceptors (Lipinski definition) is 3. The van der Waals surface area contributed by atoms with Gasteiger partial charge < -0.3 is 5.11 Å². The molecule has 0 fully saturated rings. The molecule has 0 atom stereocenters. The van der Waals surface area contributed by atoms with Gasteiger partial charge in [0, 0.05) is 4.47 Å². The van der Waals surface area contributed by atoms with Crippen molar-refractivity contribution in [2.45, 2.75) is 25.3 Å². The third-order valence-corrected chi connectivity index (χ3v) is 5.09. The first-order chi connectivity index (χ1) is 9.83. The molecule has 0 amide bonds. The molecule has 0 aliphatic carbocycles. The number of halogens is 1. The number of rotatable bonds is 4. The van der Waals surface area contributed by atoms with E-state index in [-0.39, 0.29) is 11.5 Å². The monoisotopic (exact) mass is 369 g/mol. The molecule has 2 aromatic rings. The number of aryl methyl sites for hydroxylation is 2. The van der Waals surface area contributed by atoms with Gasteiger partial charge in [0.1, 0.15) is 0 Å². The zero-order valence-corrected chi connectivity index (χ0v) is 14.1. The summed E-state index contributed by atoms with van der Waals surface area (Å²) in [5.74, 6) is 0. The molecule has 0 aliphatic rings. The SMILES string of the molecule is Cc1ccc(S(=O)(=O)Nc2ccc(Br)cc2C)cc1CO. The van der Waals surface area contributed by atoms with Gasteiger partial charge in [0.05, 0.1) is 17.2 Å². The lowest BCUT2D eigenvalue weighted by atomic mass is 10.1. The van der Waals surface area contributed by atoms with Crippen LogP contribution in [0.3, 0.4) is 0 Å². The van der Waals surface area contributed by atoms with Crippen molar-refractivity contribution in [1.82, 2.24) is 0 Å². The predicted octanol–water partition coefficient (Wildman–Crippen LogP) is 3.36. The van der Waals surface area contributed by atoms with Crippen molar-refractivity contribution < 1.29 is 13.5 Å². The fourth-order valence-electron chi connectivity index (χ4n) is 1.93. The highest BCUT2D eigenvalue weighted by molar-refractivity contribution is 9.10. The predicted molar refractivity (Wildman–Crippen MR) is 86.8 cm³/mol. The van der Waals surface area contributed by atoms with Crippen molar-refractivity contribution in [1.29, 1.82) is 0 Å². The van der Waals surface area contributed by atoms with Crippen LogP contribution in [0.15, 0.2) is 45.8 Å². The summed E-state index contributed by atoms with van der Waals surface area (Å²) in [4.78, 5) is 0.138. The smallest absolute Gasteiger partial charge is 0.261 e. The van der Waals surface area contributed by atoms with Gasteiger partial charge in [-0.3, -0.25) is 4.72 Å². The molecule has 2 N–H and O–H groups in total. The summed E-state index contributed by atoms with van der Waals surface area (Å²) in [6, 6.07) is 10.0. The minimum atomic E-state index is -3.67. The van der Waals surface area contributed by atoms with Crippen molar-refractivity contribution in [3.8, 4) is 0 Å². The number of anilines is 1. The van der Waals surface area contributed by atoms with Crippen LogP contribution in [0.5, 0.6) is 0 Å². The van der Waals surface area contributed by atoms with Crippen LogP contribution in [0.25, 0.3) is 0 Å². The van der Waals surface area contributed by atoms with Gasteiger partial charge in [-0.25, -0.2) is 8.42 Å². The Kier molecular flexibility index (Phi) is 4.70. The Morgan fingerprint density at radius 3 is 2.43 bits per heavy atom. The van der Waals surface area contributed by atoms with E-state index < -0.39 is 10.0 Å². The number of sulfonamides is 1. The highest BCUT2D eigenvalue weighted by Gasteiger charge is 2.16. The van der Waals surface area contributed by atoms with Crippen LogP contribution in [-0.4, -0.2) is 13.5 Å². The van der Waals surface area contributed by atoms with Gasteiger partial charge >= 0.3 is 0 Å². The zero-order valence-electron chi connectivity index (χ0n) is 11.7. The third kappa shape index (κ3) is 3.64. The van der Waals surface area contributed by atoms with E-state index in [1.807, 2.05) is 19.9 Å². The first-order valence-electron chi connectivity index (χ1n) is 6.33. The van der Waals surface area contributed by atoms with E-state index in [1.165, 1.54) is 12.1 Å². The molecule has 0 spiro atoms. The van der Waals surface area contributed by atoms with Gasteiger partial charge in [-0.2, -0.15) is 0 Å². The second kappa shape index (κ2) is 6.17. The molecular weight excluding hydrogens is 354 g/mol. The standard InChI is InChI=1S/C15H16BrNO3S/c1-10-3-5-14(8-12(10)9-18)21(19,20)17-15-6-4-13(16)7-11(15)2/h3-8,17-18H,9H2,1-2H3. The van der Waals surface area contributed by atoms with Crippen LogP contribution in [-0.2, 0) is 16.6 Å². The second-order valence-electron chi connectivity index (χ2n) is 4.81. The van der Waals surface area contributed by atoms with Gasteiger partial charge in [-0.05, 0) is 60.9 Å². The molecule has 0 aromatic heterocycles. The molecule has 21 heavy (non-hydrogen) atoms. The Labute approximate surface area is 133 Å². The maximum absolute atomic E-state index is 12.4. The van der Waals surface area contributed by atoms with Crippen molar-refractivity contribution in [3.63, 3.8) is 0 Å². The van der Waals surface area contributed by atoms with E-state index in [9.17, 15) is 13.5 Å². The summed E-state index contributed by atoms with van der Waals surface area (Å²) < 4.78 is 28.3. The lowest BCUT2D eigenvalue weighted by molar-refractivity contribution is 0.281. The normalized spacial score (nSPS) is 11.4. The highest BCUT2D eigenvalue weighted by atomic mass is 79.9. The number of hydrogen-bond donors (Lipinski definition) is 2. The Bertz CT molecular complexity index is 772. The van der Waals surface area contributed by atoms with Gasteiger partial charge in [0.25, 0.3) is 10.0 Å². The first kappa shape index (κ1) is 16.0. The lowest BCUT2D eigenvalue weighted by Crippen LogP contribution is -2.14. The number of nitrogens with one attached hydrogen (secondary N) is 1. The van der Waals surface area contributed by atoms with E-state index in [0.717, 1.165) is 15.6 Å². The minimum absolute atomic E-state index is 0.138. The maximum Gasteiger partial charge on any atom is 0.261 e. The molecule has 0 aliphatic heterocycles. The van der Waals surface area contributed by atoms with E-state index in [4.69, 9.17) is 0 Å². The Balaban J connectivity index is 2.38. The molecule has 6 heteroatoms. The van der Waals surface area contributed by atoms with E-state index >= 15 is 0 Å². The molecule has 0 radical (unpaired) electrons. The number of aliphatic hydroxyl groups excluding tert-OH is 1. The average Bonchev–Trinajstić information content (AvgIpc) is 2.42. The molecule has 0 bridgehead atoms. The van der Waals surface area contributed by atoms with Gasteiger partial charge in [-0.15, -0.1) is 0 Å². The van der Waals surface area contributed by atoms with E-state index in [0.29, 0.717) is 11.3 Å². The van der Waals surface area contributed by atoms with Gasteiger partial charge in [0.2, 0.25) is 0 Å². The van der Waals surface area contributed by atoms with Crippen molar-refractivity contribution >= 4 is 31.6 Å². The molecule has 0 saturated carbocycles. The van der Waals surface area contributed by atoms with Crippen LogP contribution < -0.4 is 4.72 Å². The topological polar surface area (TPSA) is 66.4 Å². The zero-order chi connectivity index (χ0) is 15.6. The molecule has 112 valence electrons. The van der Waals surface area contributed by atoms with Crippen molar-refractivity contribution in [2.75, 3.05) is 4.72 Å². The van der Waals surface area contributed by atoms with E-state index in [1.54, 1.807) is 18.2 Å². The second-order valence-corrected chi connectivity index (χ2v) is 7.41.